The molecular weight excluding hydrogens is 168 g/mol. The molecule has 5 heteroatoms. The summed E-state index contributed by atoms with van der Waals surface area (Å²) in [6.45, 7) is 1.50. The fraction of sp³-hybridized carbons (Fsp3) is 0.750. The summed E-state index contributed by atoms with van der Waals surface area (Å²) in [6, 6.07) is 0.342. The third-order valence-corrected chi connectivity index (χ3v) is 2.48. The molecule has 0 N–H and O–H groups in total. The van der Waals surface area contributed by atoms with Crippen LogP contribution in [0.3, 0.4) is 0 Å². The summed E-state index contributed by atoms with van der Waals surface area (Å²) in [6.07, 6.45) is 4.60. The Kier molecular flexibility index (Phi) is 2.08. The van der Waals surface area contributed by atoms with Crippen molar-refractivity contribution in [1.29, 1.82) is 0 Å². The predicted molar refractivity (Wildman–Crippen MR) is 45.3 cm³/mol. The van der Waals surface area contributed by atoms with Crippen LogP contribution in [0.1, 0.15) is 49.3 Å². The lowest BCUT2D eigenvalue weighted by atomic mass is 10.2. The minimum Gasteiger partial charge on any atom is -0.291 e. The zero-order valence-electron chi connectivity index (χ0n) is 7.60. The van der Waals surface area contributed by atoms with E-state index in [-0.39, 0.29) is 5.78 Å². The van der Waals surface area contributed by atoms with Gasteiger partial charge in [0.1, 0.15) is 0 Å². The molecule has 0 aromatic carbocycles. The van der Waals surface area contributed by atoms with E-state index >= 15 is 0 Å². The molecule has 0 saturated heterocycles. The van der Waals surface area contributed by atoms with Gasteiger partial charge >= 0.3 is 0 Å². The quantitative estimate of drug-likeness (QED) is 0.637. The topological polar surface area (TPSA) is 60.7 Å². The van der Waals surface area contributed by atoms with Gasteiger partial charge in [0.15, 0.2) is 5.78 Å². The Morgan fingerprint density at radius 3 is 2.77 bits per heavy atom. The van der Waals surface area contributed by atoms with E-state index in [1.165, 1.54) is 19.8 Å². The molecule has 0 spiro atoms. The second kappa shape index (κ2) is 3.24. The zero-order chi connectivity index (χ0) is 9.26. The van der Waals surface area contributed by atoms with Crippen LogP contribution in [0.15, 0.2) is 0 Å². The summed E-state index contributed by atoms with van der Waals surface area (Å²) in [7, 11) is 0. The number of aromatic nitrogens is 4. The van der Waals surface area contributed by atoms with E-state index in [9.17, 15) is 4.79 Å². The third-order valence-electron chi connectivity index (χ3n) is 2.48. The molecule has 0 bridgehead atoms. The average molecular weight is 180 g/mol. The molecular formula is C8H12N4O. The van der Waals surface area contributed by atoms with Crippen molar-refractivity contribution in [2.45, 2.75) is 38.6 Å². The van der Waals surface area contributed by atoms with Gasteiger partial charge in [-0.3, -0.25) is 4.79 Å². The summed E-state index contributed by atoms with van der Waals surface area (Å²) in [5.41, 5.74) is 0. The van der Waals surface area contributed by atoms with Crippen molar-refractivity contribution in [3.63, 3.8) is 0 Å². The van der Waals surface area contributed by atoms with Crippen LogP contribution in [0, 0.1) is 0 Å². The molecule has 1 heterocycles. The first-order valence-electron chi connectivity index (χ1n) is 4.58. The Morgan fingerprint density at radius 2 is 2.15 bits per heavy atom. The Morgan fingerprint density at radius 1 is 1.46 bits per heavy atom. The minimum absolute atomic E-state index is 0.0584. The lowest BCUT2D eigenvalue weighted by molar-refractivity contribution is 0.0995. The molecule has 1 aromatic heterocycles. The highest BCUT2D eigenvalue weighted by atomic mass is 16.1. The van der Waals surface area contributed by atoms with Crippen molar-refractivity contribution in [3.8, 4) is 0 Å². The van der Waals surface area contributed by atoms with Crippen molar-refractivity contribution < 1.29 is 4.79 Å². The third kappa shape index (κ3) is 1.46. The molecule has 0 amide bonds. The van der Waals surface area contributed by atoms with Crippen molar-refractivity contribution in [2.75, 3.05) is 0 Å². The molecule has 0 aliphatic heterocycles. The van der Waals surface area contributed by atoms with Crippen molar-refractivity contribution in [1.82, 2.24) is 20.2 Å². The smallest absolute Gasteiger partial charge is 0.218 e. The van der Waals surface area contributed by atoms with Crippen LogP contribution in [0.4, 0.5) is 0 Å². The van der Waals surface area contributed by atoms with Gasteiger partial charge in [-0.2, -0.15) is 0 Å². The second-order valence-corrected chi connectivity index (χ2v) is 3.44. The van der Waals surface area contributed by atoms with Crippen LogP contribution in [0.5, 0.6) is 0 Å². The minimum atomic E-state index is -0.0584. The van der Waals surface area contributed by atoms with E-state index in [0.29, 0.717) is 11.9 Å². The second-order valence-electron chi connectivity index (χ2n) is 3.44. The molecule has 1 aliphatic carbocycles. The lowest BCUT2D eigenvalue weighted by Gasteiger charge is -2.08. The highest BCUT2D eigenvalue weighted by Gasteiger charge is 2.22. The molecule has 70 valence electrons. The number of carbonyl (C=O) groups excluding carboxylic acids is 1. The number of rotatable bonds is 2. The highest BCUT2D eigenvalue weighted by Crippen LogP contribution is 2.28. The van der Waals surface area contributed by atoms with E-state index in [1.54, 1.807) is 4.68 Å². The summed E-state index contributed by atoms with van der Waals surface area (Å²) in [5, 5.41) is 11.1. The summed E-state index contributed by atoms with van der Waals surface area (Å²) >= 11 is 0. The molecule has 1 saturated carbocycles. The molecule has 13 heavy (non-hydrogen) atoms. The van der Waals surface area contributed by atoms with Crippen LogP contribution >= 0.6 is 0 Å². The van der Waals surface area contributed by atoms with Gasteiger partial charge in [-0.15, -0.1) is 5.10 Å². The van der Waals surface area contributed by atoms with E-state index in [0.717, 1.165) is 12.8 Å². The molecule has 1 aliphatic rings. The van der Waals surface area contributed by atoms with Crippen LogP contribution in [-0.4, -0.2) is 26.0 Å². The molecule has 0 radical (unpaired) electrons. The SMILES string of the molecule is CC(=O)c1nnnn1C1CCCC1. The molecule has 1 fully saturated rings. The average Bonchev–Trinajstić information content (AvgIpc) is 2.74. The van der Waals surface area contributed by atoms with E-state index in [4.69, 9.17) is 0 Å². The maximum atomic E-state index is 11.1. The van der Waals surface area contributed by atoms with Gasteiger partial charge in [0.2, 0.25) is 5.82 Å². The first-order valence-corrected chi connectivity index (χ1v) is 4.58. The van der Waals surface area contributed by atoms with Gasteiger partial charge in [0, 0.05) is 6.92 Å². The van der Waals surface area contributed by atoms with Gasteiger partial charge in [0.05, 0.1) is 6.04 Å². The van der Waals surface area contributed by atoms with Crippen LogP contribution in [0.25, 0.3) is 0 Å². The Hall–Kier alpha value is -1.26. The Labute approximate surface area is 76.1 Å². The molecule has 1 aromatic rings. The fourth-order valence-corrected chi connectivity index (χ4v) is 1.82. The number of nitrogens with zero attached hydrogens (tertiary/aromatic N) is 4. The maximum Gasteiger partial charge on any atom is 0.218 e. The van der Waals surface area contributed by atoms with Gasteiger partial charge in [-0.05, 0) is 23.3 Å². The predicted octanol–water partition coefficient (Wildman–Crippen LogP) is 0.991. The number of hydrogen-bond acceptors (Lipinski definition) is 4. The Bertz CT molecular complexity index is 314. The van der Waals surface area contributed by atoms with Gasteiger partial charge in [-0.1, -0.05) is 12.8 Å². The van der Waals surface area contributed by atoms with E-state index in [2.05, 4.69) is 15.5 Å². The van der Waals surface area contributed by atoms with E-state index < -0.39 is 0 Å². The number of ketones is 1. The highest BCUT2D eigenvalue weighted by molar-refractivity contribution is 5.90. The van der Waals surface area contributed by atoms with Crippen LogP contribution < -0.4 is 0 Å². The van der Waals surface area contributed by atoms with Gasteiger partial charge in [0.25, 0.3) is 0 Å². The number of carbonyl (C=O) groups is 1. The number of hydrogen-bond donors (Lipinski definition) is 0. The van der Waals surface area contributed by atoms with Crippen molar-refractivity contribution in [2.24, 2.45) is 0 Å². The number of Topliss-reactive ketones (excluding diaryl/α,β-unsaturated/α-hetero) is 1. The van der Waals surface area contributed by atoms with Gasteiger partial charge < -0.3 is 0 Å². The first kappa shape index (κ1) is 8.34. The van der Waals surface area contributed by atoms with Crippen molar-refractivity contribution >= 4 is 5.78 Å². The summed E-state index contributed by atoms with van der Waals surface area (Å²) < 4.78 is 1.68. The standard InChI is InChI=1S/C8H12N4O/c1-6(13)8-9-10-11-12(8)7-4-2-3-5-7/h7H,2-5H2,1H3. The molecule has 5 nitrogen and oxygen atoms in total. The summed E-state index contributed by atoms with van der Waals surface area (Å²) in [5.74, 6) is 0.337. The molecule has 2 rings (SSSR count). The molecule has 0 unspecified atom stereocenters. The van der Waals surface area contributed by atoms with Crippen LogP contribution in [0.2, 0.25) is 0 Å². The largest absolute Gasteiger partial charge is 0.291 e. The normalized spacial score (nSPS) is 17.9. The lowest BCUT2D eigenvalue weighted by Crippen LogP contribution is -2.13. The van der Waals surface area contributed by atoms with Gasteiger partial charge in [-0.25, -0.2) is 4.68 Å². The molecule has 0 atom stereocenters. The van der Waals surface area contributed by atoms with Crippen LogP contribution in [-0.2, 0) is 0 Å². The monoisotopic (exact) mass is 180 g/mol. The first-order chi connectivity index (χ1) is 6.29. The Balaban J connectivity index is 2.28. The summed E-state index contributed by atoms with van der Waals surface area (Å²) in [4.78, 5) is 11.1. The zero-order valence-corrected chi connectivity index (χ0v) is 7.60. The fourth-order valence-electron chi connectivity index (χ4n) is 1.82. The van der Waals surface area contributed by atoms with Crippen molar-refractivity contribution in [3.05, 3.63) is 5.82 Å². The maximum absolute atomic E-state index is 11.1. The van der Waals surface area contributed by atoms with E-state index in [1.807, 2.05) is 0 Å². The number of tetrazole rings is 1.